The second-order valence-electron chi connectivity index (χ2n) is 4.66. The van der Waals surface area contributed by atoms with Gasteiger partial charge >= 0.3 is 0 Å². The highest BCUT2D eigenvalue weighted by molar-refractivity contribution is 6.32. The Hall–Kier alpha value is -1.46. The van der Waals surface area contributed by atoms with Crippen LogP contribution in [-0.2, 0) is 11.3 Å². The van der Waals surface area contributed by atoms with Crippen molar-refractivity contribution in [2.45, 2.75) is 39.3 Å². The van der Waals surface area contributed by atoms with E-state index in [-0.39, 0.29) is 5.91 Å². The van der Waals surface area contributed by atoms with Gasteiger partial charge in [0, 0.05) is 6.54 Å². The Balaban J connectivity index is 2.76. The third-order valence-electron chi connectivity index (χ3n) is 2.98. The van der Waals surface area contributed by atoms with Crippen molar-refractivity contribution >= 4 is 17.5 Å². The molecule has 21 heavy (non-hydrogen) atoms. The molecular formula is C15H23ClN2O3. The van der Waals surface area contributed by atoms with Gasteiger partial charge in [0.05, 0.1) is 24.8 Å². The van der Waals surface area contributed by atoms with E-state index in [9.17, 15) is 4.79 Å². The second-order valence-corrected chi connectivity index (χ2v) is 5.06. The zero-order chi connectivity index (χ0) is 15.8. The average Bonchev–Trinajstić information content (AvgIpc) is 2.47. The monoisotopic (exact) mass is 314 g/mol. The van der Waals surface area contributed by atoms with Crippen molar-refractivity contribution in [3.8, 4) is 11.5 Å². The van der Waals surface area contributed by atoms with Crippen LogP contribution in [0.5, 0.6) is 11.5 Å². The van der Waals surface area contributed by atoms with E-state index < -0.39 is 6.04 Å². The number of ether oxygens (including phenoxy) is 2. The summed E-state index contributed by atoms with van der Waals surface area (Å²) in [5, 5.41) is 3.25. The van der Waals surface area contributed by atoms with Gasteiger partial charge in [-0.3, -0.25) is 4.79 Å². The smallest absolute Gasteiger partial charge is 0.237 e. The molecule has 1 atom stereocenters. The molecule has 3 N–H and O–H groups in total. The number of halogens is 1. The molecule has 0 aliphatic heterocycles. The molecule has 0 aliphatic carbocycles. The third kappa shape index (κ3) is 5.10. The minimum atomic E-state index is -0.477. The quantitative estimate of drug-likeness (QED) is 0.773. The molecule has 5 nitrogen and oxygen atoms in total. The fourth-order valence-electron chi connectivity index (χ4n) is 1.92. The Bertz CT molecular complexity index is 480. The zero-order valence-corrected chi connectivity index (χ0v) is 13.5. The first-order chi connectivity index (χ1) is 10.0. The number of carbonyl (C=O) groups is 1. The van der Waals surface area contributed by atoms with Crippen LogP contribution in [0.15, 0.2) is 12.1 Å². The van der Waals surface area contributed by atoms with Crippen LogP contribution in [0.25, 0.3) is 0 Å². The van der Waals surface area contributed by atoms with Crippen molar-refractivity contribution in [2.75, 3.05) is 13.7 Å². The van der Waals surface area contributed by atoms with Crippen LogP contribution < -0.4 is 20.5 Å². The number of amides is 1. The average molecular weight is 315 g/mol. The molecule has 0 saturated heterocycles. The maximum Gasteiger partial charge on any atom is 0.237 e. The minimum absolute atomic E-state index is 0.166. The van der Waals surface area contributed by atoms with Crippen molar-refractivity contribution in [1.29, 1.82) is 0 Å². The first-order valence-electron chi connectivity index (χ1n) is 7.05. The van der Waals surface area contributed by atoms with Crippen LogP contribution in [-0.4, -0.2) is 25.7 Å². The van der Waals surface area contributed by atoms with Gasteiger partial charge < -0.3 is 20.5 Å². The Morgan fingerprint density at radius 2 is 2.14 bits per heavy atom. The lowest BCUT2D eigenvalue weighted by molar-refractivity contribution is -0.122. The molecule has 1 rings (SSSR count). The number of methoxy groups -OCH3 is 1. The lowest BCUT2D eigenvalue weighted by Crippen LogP contribution is -2.40. The molecule has 0 bridgehead atoms. The maximum atomic E-state index is 11.8. The van der Waals surface area contributed by atoms with E-state index in [1.165, 1.54) is 0 Å². The van der Waals surface area contributed by atoms with E-state index >= 15 is 0 Å². The molecule has 0 aliphatic rings. The first-order valence-corrected chi connectivity index (χ1v) is 7.43. The molecule has 0 saturated carbocycles. The summed E-state index contributed by atoms with van der Waals surface area (Å²) in [6.45, 7) is 4.71. The van der Waals surface area contributed by atoms with Crippen LogP contribution in [0.1, 0.15) is 32.3 Å². The molecule has 1 aromatic rings. The fourth-order valence-corrected chi connectivity index (χ4v) is 2.21. The molecule has 118 valence electrons. The third-order valence-corrected chi connectivity index (χ3v) is 3.26. The van der Waals surface area contributed by atoms with E-state index in [0.717, 1.165) is 12.0 Å². The van der Waals surface area contributed by atoms with Crippen molar-refractivity contribution in [3.05, 3.63) is 22.7 Å². The minimum Gasteiger partial charge on any atom is -0.493 e. The molecule has 6 heteroatoms. The second kappa shape index (κ2) is 8.74. The van der Waals surface area contributed by atoms with Gasteiger partial charge in [0.15, 0.2) is 11.5 Å². The number of nitrogens with two attached hydrogens (primary N) is 1. The predicted octanol–water partition coefficient (Wildman–Crippen LogP) is 2.49. The van der Waals surface area contributed by atoms with Crippen molar-refractivity contribution in [1.82, 2.24) is 5.32 Å². The summed E-state index contributed by atoms with van der Waals surface area (Å²) in [4.78, 5) is 11.8. The van der Waals surface area contributed by atoms with Gasteiger partial charge in [-0.2, -0.15) is 0 Å². The van der Waals surface area contributed by atoms with Crippen LogP contribution in [0.3, 0.4) is 0 Å². The van der Waals surface area contributed by atoms with Crippen molar-refractivity contribution < 1.29 is 14.3 Å². The van der Waals surface area contributed by atoms with Gasteiger partial charge in [-0.1, -0.05) is 24.9 Å². The summed E-state index contributed by atoms with van der Waals surface area (Å²) < 4.78 is 10.7. The van der Waals surface area contributed by atoms with Crippen LogP contribution in [0.2, 0.25) is 5.02 Å². The van der Waals surface area contributed by atoms with Gasteiger partial charge in [0.25, 0.3) is 0 Å². The Kier molecular flexibility index (Phi) is 7.32. The lowest BCUT2D eigenvalue weighted by Gasteiger charge is -2.15. The highest BCUT2D eigenvalue weighted by Crippen LogP contribution is 2.36. The van der Waals surface area contributed by atoms with Gasteiger partial charge in [-0.25, -0.2) is 0 Å². The summed E-state index contributed by atoms with van der Waals surface area (Å²) in [6.07, 6.45) is 1.54. The Labute approximate surface area is 130 Å². The molecule has 1 unspecified atom stereocenters. The SMILES string of the molecule is CCCC(N)C(=O)NCc1cc(Cl)c(OCC)c(OC)c1. The Morgan fingerprint density at radius 3 is 2.71 bits per heavy atom. The van der Waals surface area contributed by atoms with Gasteiger partial charge in [-0.05, 0) is 31.0 Å². The zero-order valence-electron chi connectivity index (χ0n) is 12.7. The fraction of sp³-hybridized carbons (Fsp3) is 0.533. The highest BCUT2D eigenvalue weighted by Gasteiger charge is 2.14. The number of rotatable bonds is 8. The van der Waals surface area contributed by atoms with E-state index in [0.29, 0.717) is 36.1 Å². The van der Waals surface area contributed by atoms with E-state index in [1.54, 1.807) is 19.2 Å². The summed E-state index contributed by atoms with van der Waals surface area (Å²) in [6, 6.07) is 3.07. The number of carbonyl (C=O) groups excluding carboxylic acids is 1. The topological polar surface area (TPSA) is 73.6 Å². The molecule has 0 radical (unpaired) electrons. The molecular weight excluding hydrogens is 292 g/mol. The summed E-state index contributed by atoms with van der Waals surface area (Å²) in [5.74, 6) is 0.895. The number of nitrogens with one attached hydrogen (secondary N) is 1. The molecule has 1 aromatic carbocycles. The van der Waals surface area contributed by atoms with E-state index in [2.05, 4.69) is 5.32 Å². The van der Waals surface area contributed by atoms with Gasteiger partial charge in [0.2, 0.25) is 5.91 Å². The summed E-state index contributed by atoms with van der Waals surface area (Å²) >= 11 is 6.18. The van der Waals surface area contributed by atoms with Crippen LogP contribution in [0, 0.1) is 0 Å². The summed E-state index contributed by atoms with van der Waals surface area (Å²) in [5.41, 5.74) is 6.59. The van der Waals surface area contributed by atoms with E-state index in [4.69, 9.17) is 26.8 Å². The van der Waals surface area contributed by atoms with Gasteiger partial charge in [-0.15, -0.1) is 0 Å². The highest BCUT2D eigenvalue weighted by atomic mass is 35.5. The van der Waals surface area contributed by atoms with Crippen LogP contribution in [0.4, 0.5) is 0 Å². The van der Waals surface area contributed by atoms with Crippen molar-refractivity contribution in [3.63, 3.8) is 0 Å². The largest absolute Gasteiger partial charge is 0.493 e. The Morgan fingerprint density at radius 1 is 1.43 bits per heavy atom. The number of hydrogen-bond acceptors (Lipinski definition) is 4. The molecule has 1 amide bonds. The maximum absolute atomic E-state index is 11.8. The van der Waals surface area contributed by atoms with E-state index in [1.807, 2.05) is 13.8 Å². The predicted molar refractivity (Wildman–Crippen MR) is 83.9 cm³/mol. The standard InChI is InChI=1S/C15H23ClN2O3/c1-4-6-12(17)15(19)18-9-10-7-11(16)14(21-5-2)13(8-10)20-3/h7-8,12H,4-6,9,17H2,1-3H3,(H,18,19). The van der Waals surface area contributed by atoms with Crippen molar-refractivity contribution in [2.24, 2.45) is 5.73 Å². The molecule has 0 aromatic heterocycles. The first kappa shape index (κ1) is 17.6. The van der Waals surface area contributed by atoms with Gasteiger partial charge in [0.1, 0.15) is 0 Å². The summed E-state index contributed by atoms with van der Waals surface area (Å²) in [7, 11) is 1.55. The molecule has 0 heterocycles. The normalized spacial score (nSPS) is 11.9. The number of benzene rings is 1. The molecule has 0 spiro atoms. The van der Waals surface area contributed by atoms with Crippen LogP contribution >= 0.6 is 11.6 Å². The lowest BCUT2D eigenvalue weighted by atomic mass is 10.1. The molecule has 0 fully saturated rings. The number of hydrogen-bond donors (Lipinski definition) is 2.